The highest BCUT2D eigenvalue weighted by Gasteiger charge is 2.07. The number of nitrogens with zero attached hydrogens (tertiary/aromatic N) is 1. The van der Waals surface area contributed by atoms with Crippen molar-refractivity contribution in [1.29, 1.82) is 0 Å². The molecule has 17 heavy (non-hydrogen) atoms. The lowest BCUT2D eigenvalue weighted by Gasteiger charge is -2.02. The summed E-state index contributed by atoms with van der Waals surface area (Å²) in [4.78, 5) is 17.2. The zero-order valence-electron chi connectivity index (χ0n) is 9.64. The molecule has 0 unspecified atom stereocenters. The molecule has 0 radical (unpaired) electrons. The standard InChI is InChI=1S/C13H14N2OS/c1-2-12-7-10(9-17-12)13(16)15-8-11-5-3-4-6-14-11/h3-7,9H,2,8H2,1H3,(H,15,16). The Kier molecular flexibility index (Phi) is 3.88. The first-order valence-electron chi connectivity index (χ1n) is 5.55. The van der Waals surface area contributed by atoms with Crippen LogP contribution in [-0.4, -0.2) is 10.9 Å². The third-order valence-corrected chi connectivity index (χ3v) is 3.50. The molecule has 0 bridgehead atoms. The van der Waals surface area contributed by atoms with Crippen molar-refractivity contribution in [2.45, 2.75) is 19.9 Å². The van der Waals surface area contributed by atoms with Crippen LogP contribution in [0.25, 0.3) is 0 Å². The molecule has 0 saturated heterocycles. The van der Waals surface area contributed by atoms with E-state index in [1.807, 2.05) is 29.6 Å². The van der Waals surface area contributed by atoms with Gasteiger partial charge in [-0.3, -0.25) is 9.78 Å². The van der Waals surface area contributed by atoms with Crippen LogP contribution in [0.2, 0.25) is 0 Å². The average Bonchev–Trinajstić information content (AvgIpc) is 2.86. The van der Waals surface area contributed by atoms with E-state index in [2.05, 4.69) is 17.2 Å². The molecule has 0 aliphatic rings. The number of nitrogens with one attached hydrogen (secondary N) is 1. The zero-order valence-corrected chi connectivity index (χ0v) is 10.5. The highest BCUT2D eigenvalue weighted by molar-refractivity contribution is 7.10. The fourth-order valence-electron chi connectivity index (χ4n) is 1.46. The van der Waals surface area contributed by atoms with Gasteiger partial charge in [-0.15, -0.1) is 11.3 Å². The van der Waals surface area contributed by atoms with Gasteiger partial charge in [0.1, 0.15) is 0 Å². The number of amides is 1. The summed E-state index contributed by atoms with van der Waals surface area (Å²) in [5, 5.41) is 4.75. The number of hydrogen-bond donors (Lipinski definition) is 1. The van der Waals surface area contributed by atoms with Crippen LogP contribution in [-0.2, 0) is 13.0 Å². The van der Waals surface area contributed by atoms with E-state index in [0.717, 1.165) is 17.7 Å². The fraction of sp³-hybridized carbons (Fsp3) is 0.231. The Balaban J connectivity index is 1.93. The minimum Gasteiger partial charge on any atom is -0.346 e. The van der Waals surface area contributed by atoms with Crippen LogP contribution in [0.5, 0.6) is 0 Å². The number of hydrogen-bond acceptors (Lipinski definition) is 3. The Morgan fingerprint density at radius 2 is 2.35 bits per heavy atom. The molecule has 0 saturated carbocycles. The molecule has 88 valence electrons. The van der Waals surface area contributed by atoms with Crippen LogP contribution in [0.3, 0.4) is 0 Å². The van der Waals surface area contributed by atoms with Crippen molar-refractivity contribution >= 4 is 17.2 Å². The molecule has 1 N–H and O–H groups in total. The lowest BCUT2D eigenvalue weighted by atomic mass is 10.2. The van der Waals surface area contributed by atoms with Crippen LogP contribution in [0.15, 0.2) is 35.8 Å². The molecule has 0 spiro atoms. The molecular weight excluding hydrogens is 232 g/mol. The maximum absolute atomic E-state index is 11.8. The summed E-state index contributed by atoms with van der Waals surface area (Å²) >= 11 is 1.62. The van der Waals surface area contributed by atoms with E-state index in [1.54, 1.807) is 17.5 Å². The molecular formula is C13H14N2OS. The van der Waals surface area contributed by atoms with Gasteiger partial charge in [0.05, 0.1) is 17.8 Å². The minimum atomic E-state index is -0.0356. The third kappa shape index (κ3) is 3.14. The average molecular weight is 246 g/mol. The molecule has 2 aromatic heterocycles. The normalized spacial score (nSPS) is 10.2. The van der Waals surface area contributed by atoms with Gasteiger partial charge in [-0.05, 0) is 24.6 Å². The molecule has 3 nitrogen and oxygen atoms in total. The van der Waals surface area contributed by atoms with Gasteiger partial charge in [0.2, 0.25) is 0 Å². The fourth-order valence-corrected chi connectivity index (χ4v) is 2.28. The molecule has 1 amide bonds. The van der Waals surface area contributed by atoms with E-state index in [9.17, 15) is 4.79 Å². The Labute approximate surface area is 105 Å². The van der Waals surface area contributed by atoms with Crippen LogP contribution < -0.4 is 5.32 Å². The molecule has 2 rings (SSSR count). The molecule has 0 fully saturated rings. The number of pyridine rings is 1. The number of aromatic nitrogens is 1. The summed E-state index contributed by atoms with van der Waals surface area (Å²) in [5.41, 5.74) is 1.61. The van der Waals surface area contributed by atoms with Crippen LogP contribution in [0, 0.1) is 0 Å². The van der Waals surface area contributed by atoms with Gasteiger partial charge in [-0.2, -0.15) is 0 Å². The highest BCUT2D eigenvalue weighted by Crippen LogP contribution is 2.14. The van der Waals surface area contributed by atoms with E-state index in [1.165, 1.54) is 4.88 Å². The van der Waals surface area contributed by atoms with Crippen molar-refractivity contribution in [2.24, 2.45) is 0 Å². The number of carbonyl (C=O) groups is 1. The summed E-state index contributed by atoms with van der Waals surface area (Å²) < 4.78 is 0. The van der Waals surface area contributed by atoms with Gasteiger partial charge in [0.15, 0.2) is 0 Å². The van der Waals surface area contributed by atoms with Gasteiger partial charge in [0, 0.05) is 16.5 Å². The van der Waals surface area contributed by atoms with Crippen LogP contribution in [0.4, 0.5) is 0 Å². The van der Waals surface area contributed by atoms with E-state index >= 15 is 0 Å². The number of thiophene rings is 1. The second kappa shape index (κ2) is 5.59. The van der Waals surface area contributed by atoms with E-state index < -0.39 is 0 Å². The summed E-state index contributed by atoms with van der Waals surface area (Å²) in [6.45, 7) is 2.55. The van der Waals surface area contributed by atoms with E-state index in [0.29, 0.717) is 6.54 Å². The summed E-state index contributed by atoms with van der Waals surface area (Å²) in [6, 6.07) is 7.61. The smallest absolute Gasteiger partial charge is 0.252 e. The van der Waals surface area contributed by atoms with Crippen molar-refractivity contribution in [3.05, 3.63) is 52.0 Å². The first kappa shape index (κ1) is 11.8. The van der Waals surface area contributed by atoms with Gasteiger partial charge in [-0.25, -0.2) is 0 Å². The zero-order chi connectivity index (χ0) is 12.1. The lowest BCUT2D eigenvalue weighted by molar-refractivity contribution is 0.0951. The van der Waals surface area contributed by atoms with Crippen molar-refractivity contribution in [1.82, 2.24) is 10.3 Å². The molecule has 4 heteroatoms. The lowest BCUT2D eigenvalue weighted by Crippen LogP contribution is -2.22. The number of carbonyl (C=O) groups excluding carboxylic acids is 1. The van der Waals surface area contributed by atoms with Crippen LogP contribution >= 0.6 is 11.3 Å². The summed E-state index contributed by atoms with van der Waals surface area (Å²) in [6.07, 6.45) is 2.69. The van der Waals surface area contributed by atoms with Crippen molar-refractivity contribution in [3.8, 4) is 0 Å². The Morgan fingerprint density at radius 1 is 1.47 bits per heavy atom. The van der Waals surface area contributed by atoms with Gasteiger partial charge in [-0.1, -0.05) is 13.0 Å². The van der Waals surface area contributed by atoms with Gasteiger partial charge >= 0.3 is 0 Å². The number of rotatable bonds is 4. The summed E-state index contributed by atoms with van der Waals surface area (Å²) in [5.74, 6) is -0.0356. The summed E-state index contributed by atoms with van der Waals surface area (Å²) in [7, 11) is 0. The Bertz CT molecular complexity index is 493. The Morgan fingerprint density at radius 3 is 3.00 bits per heavy atom. The van der Waals surface area contributed by atoms with Crippen LogP contribution in [0.1, 0.15) is 27.9 Å². The maximum Gasteiger partial charge on any atom is 0.252 e. The molecule has 0 aliphatic carbocycles. The van der Waals surface area contributed by atoms with E-state index in [4.69, 9.17) is 0 Å². The molecule has 0 aliphatic heterocycles. The monoisotopic (exact) mass is 246 g/mol. The largest absolute Gasteiger partial charge is 0.346 e. The first-order valence-corrected chi connectivity index (χ1v) is 6.43. The first-order chi connectivity index (χ1) is 8.29. The SMILES string of the molecule is CCc1cc(C(=O)NCc2ccccn2)cs1. The predicted octanol–water partition coefficient (Wildman–Crippen LogP) is 2.64. The van der Waals surface area contributed by atoms with Crippen molar-refractivity contribution < 1.29 is 4.79 Å². The molecule has 0 atom stereocenters. The molecule has 2 heterocycles. The van der Waals surface area contributed by atoms with E-state index in [-0.39, 0.29) is 5.91 Å². The highest BCUT2D eigenvalue weighted by atomic mass is 32.1. The minimum absolute atomic E-state index is 0.0356. The van der Waals surface area contributed by atoms with Crippen molar-refractivity contribution in [3.63, 3.8) is 0 Å². The Hall–Kier alpha value is -1.68. The second-order valence-electron chi connectivity index (χ2n) is 3.66. The van der Waals surface area contributed by atoms with Crippen molar-refractivity contribution in [2.75, 3.05) is 0 Å². The number of aryl methyl sites for hydroxylation is 1. The predicted molar refractivity (Wildman–Crippen MR) is 69.1 cm³/mol. The van der Waals surface area contributed by atoms with Gasteiger partial charge in [0.25, 0.3) is 5.91 Å². The maximum atomic E-state index is 11.8. The second-order valence-corrected chi connectivity index (χ2v) is 4.65. The quantitative estimate of drug-likeness (QED) is 0.901. The third-order valence-electron chi connectivity index (χ3n) is 2.42. The molecule has 0 aromatic carbocycles. The van der Waals surface area contributed by atoms with Gasteiger partial charge < -0.3 is 5.32 Å². The topological polar surface area (TPSA) is 42.0 Å². The molecule has 2 aromatic rings.